The molecule has 0 N–H and O–H groups in total. The molecule has 14 nitrogen and oxygen atoms in total. The molecule has 0 aliphatic carbocycles. The van der Waals surface area contributed by atoms with E-state index in [1.165, 1.54) is 12.1 Å². The second-order valence-corrected chi connectivity index (χ2v) is 16.8. The summed E-state index contributed by atoms with van der Waals surface area (Å²) in [6.45, 7) is 9.95. The first-order valence-electron chi connectivity index (χ1n) is 15.0. The Labute approximate surface area is 385 Å². The van der Waals surface area contributed by atoms with Crippen molar-refractivity contribution in [3.63, 3.8) is 0 Å². The third kappa shape index (κ3) is 13.1. The maximum atomic E-state index is 11.8. The van der Waals surface area contributed by atoms with Gasteiger partial charge in [0.05, 0.1) is 28.1 Å². The van der Waals surface area contributed by atoms with E-state index >= 15 is 0 Å². The summed E-state index contributed by atoms with van der Waals surface area (Å²) in [6.07, 6.45) is 11.1. The van der Waals surface area contributed by atoms with E-state index in [1.54, 1.807) is 22.8 Å². The van der Waals surface area contributed by atoms with Gasteiger partial charge in [-0.3, -0.25) is 10.1 Å². The fraction of sp³-hybridized carbons (Fsp3) is 0.344. The first-order valence-corrected chi connectivity index (χ1v) is 19.6. The molecule has 0 spiro atoms. The van der Waals surface area contributed by atoms with Crippen molar-refractivity contribution < 1.29 is 148 Å². The predicted molar refractivity (Wildman–Crippen MR) is 181 cm³/mol. The molecule has 0 saturated carbocycles. The number of nitrogens with zero attached hydrogens (tertiary/aromatic N) is 2. The topological polar surface area (TPSA) is 204 Å². The summed E-state index contributed by atoms with van der Waals surface area (Å²) in [7, 11) is -9.17. The molecule has 21 heteroatoms. The summed E-state index contributed by atoms with van der Waals surface area (Å²) in [5, 5.41) is 27.5. The second kappa shape index (κ2) is 21.8. The molecule has 2 aromatic carbocycles. The van der Waals surface area contributed by atoms with Crippen LogP contribution in [0, 0.1) is 0 Å². The van der Waals surface area contributed by atoms with E-state index in [1.807, 2.05) is 82.0 Å². The fourth-order valence-electron chi connectivity index (χ4n) is 6.07. The van der Waals surface area contributed by atoms with Crippen molar-refractivity contribution in [2.45, 2.75) is 55.2 Å². The molecule has 2 aliphatic rings. The van der Waals surface area contributed by atoms with Gasteiger partial charge in [-0.1, -0.05) is 43.7 Å². The Bertz CT molecular complexity index is 1980. The minimum Gasteiger partial charge on any atom is -0.748 e. The van der Waals surface area contributed by atoms with Gasteiger partial charge >= 0.3 is 88.7 Å². The first kappa shape index (κ1) is 51.2. The zero-order valence-electron chi connectivity index (χ0n) is 30.7. The van der Waals surface area contributed by atoms with Crippen LogP contribution in [-0.4, -0.2) is 60.8 Å². The van der Waals surface area contributed by atoms with E-state index in [4.69, 9.17) is 0 Å². The Morgan fingerprint density at radius 1 is 0.906 bits per heavy atom. The molecule has 0 unspecified atom stereocenters. The Morgan fingerprint density at radius 3 is 2.21 bits per heavy atom. The third-order valence-corrected chi connectivity index (χ3v) is 11.0. The Hall–Kier alpha value is 0.150. The van der Waals surface area contributed by atoms with Gasteiger partial charge in [-0.15, -0.1) is 0 Å². The van der Waals surface area contributed by atoms with Crippen LogP contribution >= 0.6 is 24.1 Å². The normalized spacial score (nSPS) is 17.2. The molecule has 0 fully saturated rings. The predicted octanol–water partition coefficient (Wildman–Crippen LogP) is -5.63. The van der Waals surface area contributed by atoms with Gasteiger partial charge in [0.2, 0.25) is 5.69 Å². The molecule has 2 heterocycles. The van der Waals surface area contributed by atoms with Crippen LogP contribution in [0.2, 0.25) is 0 Å². The molecule has 4 rings (SSSR count). The summed E-state index contributed by atoms with van der Waals surface area (Å²) < 4.78 is 80.6. The van der Waals surface area contributed by atoms with Gasteiger partial charge < -0.3 is 24.5 Å². The zero-order chi connectivity index (χ0) is 36.9. The third-order valence-electron chi connectivity index (χ3n) is 8.44. The van der Waals surface area contributed by atoms with E-state index in [9.17, 15) is 36.5 Å². The summed E-state index contributed by atoms with van der Waals surface area (Å²) in [5.41, 5.74) is 4.02. The van der Waals surface area contributed by atoms with E-state index in [-0.39, 0.29) is 100 Å². The number of rotatable bonds is 16. The number of benzene rings is 2. The van der Waals surface area contributed by atoms with Gasteiger partial charge in [0.25, 0.3) is 0 Å². The largest absolute Gasteiger partial charge is 1.00 e. The van der Waals surface area contributed by atoms with E-state index < -0.39 is 36.8 Å². The maximum absolute atomic E-state index is 11.8. The summed E-state index contributed by atoms with van der Waals surface area (Å²) in [6, 6.07) is 9.51. The fourth-order valence-corrected chi connectivity index (χ4v) is 7.74. The summed E-state index contributed by atoms with van der Waals surface area (Å²) in [4.78, 5) is 2.22. The molecule has 0 radical (unpaired) electrons. The van der Waals surface area contributed by atoms with Crippen LogP contribution in [0.1, 0.15) is 45.7 Å². The van der Waals surface area contributed by atoms with Crippen molar-refractivity contribution in [3.8, 4) is 0 Å². The average molecular weight is 837 g/mol. The van der Waals surface area contributed by atoms with E-state index in [0.29, 0.717) is 34.1 Å². The molecule has 2 aliphatic heterocycles. The number of hydrogen-bond acceptors (Lipinski definition) is 15. The molecule has 0 amide bonds. The van der Waals surface area contributed by atoms with Crippen LogP contribution in [0.15, 0.2) is 93.9 Å². The van der Waals surface area contributed by atoms with Crippen molar-refractivity contribution in [3.05, 3.63) is 95.3 Å². The molecule has 0 bridgehead atoms. The maximum Gasteiger partial charge on any atom is 1.00 e. The standard InChI is InChI=1S/C32H38N2O12S4.3Na/c1-22(8-6-10-29-32(4,5)26-21-24(50(40,41)42)13-15-28(26)33(29)16-18-47-45-43-35)9-7-11-30-31(2,3)25-20-23(48-46-44-36)12-14-27(25)34(30)17-19-49(37,38)39;;;/h6-15,20-21H,16-19H2,1-5H3,(H3-,35,36,37,38,39,40,41,42);;;/q;3*+1/p-3. The molecule has 53 heavy (non-hydrogen) atoms. The summed E-state index contributed by atoms with van der Waals surface area (Å²) in [5.74, 6) is -0.261. The van der Waals surface area contributed by atoms with Crippen molar-refractivity contribution in [1.82, 2.24) is 0 Å². The van der Waals surface area contributed by atoms with Crippen molar-refractivity contribution in [2.24, 2.45) is 0 Å². The van der Waals surface area contributed by atoms with Crippen molar-refractivity contribution in [1.29, 1.82) is 0 Å². The van der Waals surface area contributed by atoms with Crippen LogP contribution in [-0.2, 0) is 49.8 Å². The molecule has 272 valence electrons. The van der Waals surface area contributed by atoms with Crippen LogP contribution in [0.5, 0.6) is 0 Å². The van der Waals surface area contributed by atoms with Crippen LogP contribution in [0.3, 0.4) is 0 Å². The monoisotopic (exact) mass is 836 g/mol. The first-order chi connectivity index (χ1) is 23.4. The Balaban J connectivity index is 0.00000468. The SMILES string of the molecule is CC(/C=C/C=C1\N(CCSOO[O-])c2ccc(S(=O)(=O)[O-])cc2C1(C)C)=C\C=C\C1=[N+](CCS(=O)(=O)[O-])c2ccc(SOO[O-])cc2C1(C)C.[Na+].[Na+].[Na+]. The summed E-state index contributed by atoms with van der Waals surface area (Å²) >= 11 is 1.56. The van der Waals surface area contributed by atoms with E-state index in [2.05, 4.69) is 18.7 Å². The second-order valence-electron chi connectivity index (χ2n) is 12.4. The molecular formula is C32H35N2Na3O12S4. The number of allylic oxidation sites excluding steroid dienone is 8. The minimum atomic E-state index is -4.68. The van der Waals surface area contributed by atoms with Crippen LogP contribution in [0.4, 0.5) is 11.4 Å². The van der Waals surface area contributed by atoms with Gasteiger partial charge in [-0.2, -0.15) is 13.2 Å². The molecule has 2 aromatic rings. The van der Waals surface area contributed by atoms with Gasteiger partial charge in [-0.25, -0.2) is 16.8 Å². The van der Waals surface area contributed by atoms with E-state index in [0.717, 1.165) is 46.6 Å². The zero-order valence-corrected chi connectivity index (χ0v) is 39.9. The minimum absolute atomic E-state index is 0. The molecule has 0 atom stereocenters. The smallest absolute Gasteiger partial charge is 0.748 e. The molecular weight excluding hydrogens is 802 g/mol. The number of fused-ring (bicyclic) bond motifs is 2. The van der Waals surface area contributed by atoms with Gasteiger partial charge in [0.1, 0.15) is 20.2 Å². The average Bonchev–Trinajstić information content (AvgIpc) is 3.38. The Morgan fingerprint density at radius 2 is 1.58 bits per heavy atom. The van der Waals surface area contributed by atoms with Crippen LogP contribution < -0.4 is 104 Å². The number of hydrogen-bond donors (Lipinski definition) is 0. The van der Waals surface area contributed by atoms with Crippen molar-refractivity contribution in [2.75, 3.05) is 29.5 Å². The Kier molecular flexibility index (Phi) is 21.0. The molecule has 0 aromatic heterocycles. The van der Waals surface area contributed by atoms with Gasteiger partial charge in [0, 0.05) is 63.7 Å². The quantitative estimate of drug-likeness (QED) is 0.0226. The van der Waals surface area contributed by atoms with Gasteiger partial charge in [0.15, 0.2) is 12.3 Å². The van der Waals surface area contributed by atoms with Gasteiger partial charge in [-0.05, 0) is 62.7 Å². The van der Waals surface area contributed by atoms with Crippen LogP contribution in [0.25, 0.3) is 0 Å². The number of anilines is 1. The molecule has 0 saturated heterocycles. The van der Waals surface area contributed by atoms with Crippen molar-refractivity contribution >= 4 is 61.4 Å².